The van der Waals surface area contributed by atoms with Crippen LogP contribution in [0.15, 0.2) is 83.0 Å². The second kappa shape index (κ2) is 10.3. The Hall–Kier alpha value is -5.05. The van der Waals surface area contributed by atoms with Gasteiger partial charge in [-0.25, -0.2) is 19.3 Å². The summed E-state index contributed by atoms with van der Waals surface area (Å²) >= 11 is 0. The SMILES string of the molecule is COC(=O)C1=C(C)N(c2cccc(C(F)(F)F)c2)c2n[nH]c(=O)n2[C@@H]1c1ccc(C#N)cc1CN1C=CC=CC1. The first-order chi connectivity index (χ1) is 19.1. The quantitative estimate of drug-likeness (QED) is 0.467. The molecule has 0 saturated heterocycles. The van der Waals surface area contributed by atoms with Crippen LogP contribution in [0.2, 0.25) is 0 Å². The maximum atomic E-state index is 13.6. The number of H-pyrrole nitrogens is 1. The Morgan fingerprint density at radius 1 is 1.23 bits per heavy atom. The lowest BCUT2D eigenvalue weighted by atomic mass is 9.89. The van der Waals surface area contributed by atoms with Gasteiger partial charge in [-0.05, 0) is 60.7 Å². The third-order valence-electron chi connectivity index (χ3n) is 6.80. The van der Waals surface area contributed by atoms with Crippen molar-refractivity contribution < 1.29 is 22.7 Å². The standard InChI is InChI=1S/C28H23F3N6O3/c1-17-23(25(38)40-2)24(22-10-9-18(15-32)13-19(22)16-35-11-4-3-5-12-35)37-26(33-34-27(37)39)36(17)21-8-6-7-20(14-21)28(29,30)31/h3-11,13-14,24H,12,16H2,1-2H3,(H,34,39)/t24-/m1/s1. The lowest BCUT2D eigenvalue weighted by Crippen LogP contribution is -2.38. The van der Waals surface area contributed by atoms with E-state index in [1.807, 2.05) is 29.3 Å². The van der Waals surface area contributed by atoms with E-state index in [9.17, 15) is 28.0 Å². The second-order valence-electron chi connectivity index (χ2n) is 9.20. The highest BCUT2D eigenvalue weighted by Crippen LogP contribution is 2.43. The molecule has 2 aliphatic heterocycles. The summed E-state index contributed by atoms with van der Waals surface area (Å²) in [6.45, 7) is 2.52. The van der Waals surface area contributed by atoms with Crippen molar-refractivity contribution in [3.63, 3.8) is 0 Å². The van der Waals surface area contributed by atoms with Gasteiger partial charge in [-0.15, -0.1) is 5.10 Å². The molecule has 1 atom stereocenters. The normalized spacial score (nSPS) is 16.6. The van der Waals surface area contributed by atoms with Gasteiger partial charge in [0.25, 0.3) is 0 Å². The number of alkyl halides is 3. The zero-order valence-electron chi connectivity index (χ0n) is 21.4. The molecular formula is C28H23F3N6O3. The molecule has 0 aliphatic carbocycles. The van der Waals surface area contributed by atoms with E-state index in [-0.39, 0.29) is 22.9 Å². The molecule has 2 aromatic carbocycles. The van der Waals surface area contributed by atoms with Gasteiger partial charge in [0, 0.05) is 24.5 Å². The summed E-state index contributed by atoms with van der Waals surface area (Å²) in [6.07, 6.45) is 3.01. The molecular weight excluding hydrogens is 525 g/mol. The number of rotatable bonds is 5. The van der Waals surface area contributed by atoms with Gasteiger partial charge in [-0.3, -0.25) is 4.90 Å². The summed E-state index contributed by atoms with van der Waals surface area (Å²) in [7, 11) is 1.19. The van der Waals surface area contributed by atoms with Crippen molar-refractivity contribution in [3.05, 3.63) is 111 Å². The van der Waals surface area contributed by atoms with Crippen molar-refractivity contribution in [2.24, 2.45) is 0 Å². The van der Waals surface area contributed by atoms with E-state index in [0.29, 0.717) is 29.8 Å². The fourth-order valence-corrected chi connectivity index (χ4v) is 5.00. The monoisotopic (exact) mass is 548 g/mol. The maximum absolute atomic E-state index is 13.6. The summed E-state index contributed by atoms with van der Waals surface area (Å²) in [4.78, 5) is 29.8. The van der Waals surface area contributed by atoms with Crippen molar-refractivity contribution in [2.45, 2.75) is 25.7 Å². The molecule has 5 rings (SSSR count). The minimum atomic E-state index is -4.61. The smallest absolute Gasteiger partial charge is 0.416 e. The van der Waals surface area contributed by atoms with Gasteiger partial charge in [0.2, 0.25) is 5.95 Å². The molecule has 0 amide bonds. The molecule has 12 heteroatoms. The number of carbonyl (C=O) groups is 1. The molecule has 2 aliphatic rings. The van der Waals surface area contributed by atoms with Crippen LogP contribution in [0.25, 0.3) is 0 Å². The number of hydrogen-bond acceptors (Lipinski definition) is 7. The maximum Gasteiger partial charge on any atom is 0.416 e. The highest BCUT2D eigenvalue weighted by atomic mass is 19.4. The summed E-state index contributed by atoms with van der Waals surface area (Å²) in [5.41, 5.74) is 0.341. The number of halogens is 3. The van der Waals surface area contributed by atoms with Gasteiger partial charge in [0.1, 0.15) is 6.04 Å². The number of anilines is 2. The number of nitrogens with zero attached hydrogens (tertiary/aromatic N) is 5. The number of nitriles is 1. The molecule has 9 nitrogen and oxygen atoms in total. The summed E-state index contributed by atoms with van der Waals surface area (Å²) in [5, 5.41) is 16.1. The minimum absolute atomic E-state index is 0.00408. The molecule has 40 heavy (non-hydrogen) atoms. The van der Waals surface area contributed by atoms with Crippen LogP contribution >= 0.6 is 0 Å². The van der Waals surface area contributed by atoms with E-state index < -0.39 is 29.4 Å². The number of methoxy groups -OCH3 is 1. The Kier molecular flexibility index (Phi) is 6.81. The van der Waals surface area contributed by atoms with Crippen molar-refractivity contribution >= 4 is 17.6 Å². The molecule has 0 saturated carbocycles. The largest absolute Gasteiger partial charge is 0.466 e. The number of aromatic amines is 1. The van der Waals surface area contributed by atoms with Gasteiger partial charge in [0.05, 0.1) is 29.9 Å². The van der Waals surface area contributed by atoms with E-state index in [4.69, 9.17) is 4.74 Å². The van der Waals surface area contributed by atoms with Crippen LogP contribution in [0.1, 0.15) is 35.2 Å². The predicted octanol–water partition coefficient (Wildman–Crippen LogP) is 4.54. The fourth-order valence-electron chi connectivity index (χ4n) is 5.00. The number of carbonyl (C=O) groups excluding carboxylic acids is 1. The van der Waals surface area contributed by atoms with Crippen LogP contribution < -0.4 is 10.6 Å². The first-order valence-electron chi connectivity index (χ1n) is 12.2. The summed E-state index contributed by atoms with van der Waals surface area (Å²) in [5.74, 6) is -0.773. The molecule has 0 unspecified atom stereocenters. The predicted molar refractivity (Wildman–Crippen MR) is 139 cm³/mol. The Labute approximate surface area is 226 Å². The average Bonchev–Trinajstić information content (AvgIpc) is 3.32. The third kappa shape index (κ3) is 4.66. The van der Waals surface area contributed by atoms with E-state index in [0.717, 1.165) is 12.1 Å². The van der Waals surface area contributed by atoms with E-state index in [2.05, 4.69) is 16.3 Å². The molecule has 1 aromatic heterocycles. The number of allylic oxidation sites excluding steroid dienone is 3. The molecule has 0 bridgehead atoms. The van der Waals surface area contributed by atoms with Crippen molar-refractivity contribution in [3.8, 4) is 6.07 Å². The molecule has 204 valence electrons. The Morgan fingerprint density at radius 3 is 2.70 bits per heavy atom. The van der Waals surface area contributed by atoms with Crippen molar-refractivity contribution in [1.29, 1.82) is 5.26 Å². The Balaban J connectivity index is 1.74. The van der Waals surface area contributed by atoms with Crippen LogP contribution in [0, 0.1) is 11.3 Å². The number of esters is 1. The molecule has 0 radical (unpaired) electrons. The zero-order valence-corrected chi connectivity index (χ0v) is 21.4. The minimum Gasteiger partial charge on any atom is -0.466 e. The number of hydrogen-bond donors (Lipinski definition) is 1. The Bertz CT molecular complexity index is 1680. The van der Waals surface area contributed by atoms with Crippen LogP contribution in [0.5, 0.6) is 0 Å². The summed E-state index contributed by atoms with van der Waals surface area (Å²) < 4.78 is 47.0. The van der Waals surface area contributed by atoms with Crippen LogP contribution in [-0.4, -0.2) is 39.3 Å². The third-order valence-corrected chi connectivity index (χ3v) is 6.80. The van der Waals surface area contributed by atoms with Gasteiger partial charge >= 0.3 is 17.8 Å². The average molecular weight is 549 g/mol. The lowest BCUT2D eigenvalue weighted by molar-refractivity contribution is -0.138. The number of ether oxygens (including phenoxy) is 1. The molecule has 3 heterocycles. The molecule has 0 spiro atoms. The van der Waals surface area contributed by atoms with Crippen LogP contribution in [-0.2, 0) is 22.3 Å². The fraction of sp³-hybridized carbons (Fsp3) is 0.214. The zero-order chi connectivity index (χ0) is 28.6. The van der Waals surface area contributed by atoms with Gasteiger partial charge in [-0.2, -0.15) is 18.4 Å². The highest BCUT2D eigenvalue weighted by Gasteiger charge is 2.41. The van der Waals surface area contributed by atoms with E-state index >= 15 is 0 Å². The van der Waals surface area contributed by atoms with Gasteiger partial charge in [0.15, 0.2) is 0 Å². The number of fused-ring (bicyclic) bond motifs is 1. The number of nitrogens with one attached hydrogen (secondary N) is 1. The second-order valence-corrected chi connectivity index (χ2v) is 9.20. The topological polar surface area (TPSA) is 107 Å². The van der Waals surface area contributed by atoms with Crippen LogP contribution in [0.4, 0.5) is 24.8 Å². The molecule has 0 fully saturated rings. The lowest BCUT2D eigenvalue weighted by Gasteiger charge is -2.36. The van der Waals surface area contributed by atoms with Crippen LogP contribution in [0.3, 0.4) is 0 Å². The molecule has 1 N–H and O–H groups in total. The first-order valence-corrected chi connectivity index (χ1v) is 12.2. The Morgan fingerprint density at radius 2 is 2.02 bits per heavy atom. The first kappa shape index (κ1) is 26.6. The van der Waals surface area contributed by atoms with Crippen molar-refractivity contribution in [2.75, 3.05) is 18.6 Å². The summed E-state index contributed by atoms with van der Waals surface area (Å²) in [6, 6.07) is 10.5. The van der Waals surface area contributed by atoms with Gasteiger partial charge in [-0.1, -0.05) is 24.3 Å². The van der Waals surface area contributed by atoms with E-state index in [1.165, 1.54) is 28.7 Å². The number of aromatic nitrogens is 3. The number of benzene rings is 2. The highest BCUT2D eigenvalue weighted by molar-refractivity contribution is 5.93. The van der Waals surface area contributed by atoms with Crippen molar-refractivity contribution in [1.82, 2.24) is 19.7 Å². The molecule has 3 aromatic rings. The van der Waals surface area contributed by atoms with Gasteiger partial charge < -0.3 is 9.64 Å². The van der Waals surface area contributed by atoms with E-state index in [1.54, 1.807) is 25.1 Å².